The van der Waals surface area contributed by atoms with Crippen LogP contribution in [0.25, 0.3) is 6.08 Å². The fraction of sp³-hybridized carbons (Fsp3) is 0.500. The number of nitrogens with one attached hydrogen (secondary N) is 1. The maximum Gasteiger partial charge on any atom is 0.251 e. The first-order chi connectivity index (χ1) is 18.1. The van der Waals surface area contributed by atoms with Gasteiger partial charge in [-0.25, -0.2) is 4.98 Å². The largest absolute Gasteiger partial charge is 0.434 e. The summed E-state index contributed by atoms with van der Waals surface area (Å²) >= 11 is 5.91. The Morgan fingerprint density at radius 1 is 1.11 bits per heavy atom. The second-order valence-corrected chi connectivity index (χ2v) is 11.0. The molecule has 0 radical (unpaired) electrons. The normalized spacial score (nSPS) is 22.0. The number of rotatable bonds is 7. The van der Waals surface area contributed by atoms with Gasteiger partial charge < -0.3 is 15.0 Å². The number of ether oxygens (including phenoxy) is 1. The highest BCUT2D eigenvalue weighted by atomic mass is 32.1. The van der Waals surface area contributed by atoms with Gasteiger partial charge in [-0.05, 0) is 81.0 Å². The Hall–Kier alpha value is -2.77. The maximum absolute atomic E-state index is 12.7. The Labute approximate surface area is 226 Å². The van der Waals surface area contributed by atoms with E-state index in [0.717, 1.165) is 30.9 Å². The number of aromatic nitrogens is 1. The number of nitrogens with zero attached hydrogens (tertiary/aromatic N) is 3. The first kappa shape index (κ1) is 25.9. The number of thiocarbonyl (C=S) groups is 1. The molecule has 1 amide bonds. The van der Waals surface area contributed by atoms with Gasteiger partial charge in [-0.3, -0.25) is 9.69 Å². The van der Waals surface area contributed by atoms with E-state index in [9.17, 15) is 4.79 Å². The van der Waals surface area contributed by atoms with Crippen molar-refractivity contribution in [3.8, 4) is 5.88 Å². The number of carbonyl (C=O) groups excluding carboxylic acids is 1. The van der Waals surface area contributed by atoms with Crippen LogP contribution in [0.4, 0.5) is 5.69 Å². The number of piperidine rings is 1. The Morgan fingerprint density at radius 2 is 1.89 bits per heavy atom. The molecule has 1 unspecified atom stereocenters. The molecule has 1 saturated heterocycles. The van der Waals surface area contributed by atoms with Gasteiger partial charge in [0.15, 0.2) is 5.76 Å². The summed E-state index contributed by atoms with van der Waals surface area (Å²) in [5.74, 6) is 1.82. The molecule has 2 aromatic rings. The summed E-state index contributed by atoms with van der Waals surface area (Å²) in [7, 11) is 0. The van der Waals surface area contributed by atoms with E-state index in [1.807, 2.05) is 42.5 Å². The van der Waals surface area contributed by atoms with Gasteiger partial charge in [0.25, 0.3) is 5.91 Å². The van der Waals surface area contributed by atoms with Gasteiger partial charge >= 0.3 is 0 Å². The number of hydrogen-bond donors (Lipinski definition) is 1. The SMILES string of the molecule is CC1CCCCN1CCNC(=O)c1ccc(/C=C2\Oc3ncccc3N(CC3CCCCC3)C2=S)cc1. The minimum absolute atomic E-state index is 0.0370. The van der Waals surface area contributed by atoms with E-state index in [4.69, 9.17) is 17.0 Å². The number of amides is 1. The Kier molecular flexibility index (Phi) is 8.52. The van der Waals surface area contributed by atoms with Gasteiger partial charge in [0.1, 0.15) is 10.7 Å². The second kappa shape index (κ2) is 12.2. The third kappa shape index (κ3) is 6.39. The smallest absolute Gasteiger partial charge is 0.251 e. The van der Waals surface area contributed by atoms with E-state index in [0.29, 0.717) is 40.7 Å². The lowest BCUT2D eigenvalue weighted by Crippen LogP contribution is -2.42. The lowest BCUT2D eigenvalue weighted by Gasteiger charge is -2.35. The predicted molar refractivity (Wildman–Crippen MR) is 153 cm³/mol. The molecule has 6 nitrogen and oxygen atoms in total. The van der Waals surface area contributed by atoms with Gasteiger partial charge in [0, 0.05) is 37.4 Å². The van der Waals surface area contributed by atoms with E-state index >= 15 is 0 Å². The number of hydrogen-bond acceptors (Lipinski definition) is 5. The van der Waals surface area contributed by atoms with Gasteiger partial charge in [0.2, 0.25) is 5.88 Å². The molecule has 1 aromatic carbocycles. The molecule has 196 valence electrons. The van der Waals surface area contributed by atoms with Crippen molar-refractivity contribution in [2.75, 3.05) is 31.1 Å². The maximum atomic E-state index is 12.7. The number of likely N-dealkylation sites (tertiary alicyclic amines) is 1. The zero-order valence-corrected chi connectivity index (χ0v) is 22.6. The first-order valence-corrected chi connectivity index (χ1v) is 14.3. The summed E-state index contributed by atoms with van der Waals surface area (Å²) in [5, 5.41) is 3.07. The van der Waals surface area contributed by atoms with E-state index in [1.165, 1.54) is 51.4 Å². The van der Waals surface area contributed by atoms with Crippen molar-refractivity contribution in [3.05, 3.63) is 59.5 Å². The van der Waals surface area contributed by atoms with Gasteiger partial charge in [-0.1, -0.05) is 50.0 Å². The summed E-state index contributed by atoms with van der Waals surface area (Å²) in [6.45, 7) is 5.87. The predicted octanol–water partition coefficient (Wildman–Crippen LogP) is 5.83. The summed E-state index contributed by atoms with van der Waals surface area (Å²) in [5.41, 5.74) is 2.54. The molecule has 1 N–H and O–H groups in total. The Morgan fingerprint density at radius 3 is 2.68 bits per heavy atom. The van der Waals surface area contributed by atoms with Crippen LogP contribution in [0.5, 0.6) is 5.88 Å². The molecule has 0 bridgehead atoms. The fourth-order valence-electron chi connectivity index (χ4n) is 5.74. The van der Waals surface area contributed by atoms with Crippen LogP contribution in [0.1, 0.15) is 74.2 Å². The molecule has 1 saturated carbocycles. The van der Waals surface area contributed by atoms with Crippen LogP contribution in [0.15, 0.2) is 48.4 Å². The molecule has 5 rings (SSSR count). The number of carbonyl (C=O) groups is 1. The van der Waals surface area contributed by atoms with Crippen molar-refractivity contribution < 1.29 is 9.53 Å². The molecule has 7 heteroatoms. The highest BCUT2D eigenvalue weighted by Gasteiger charge is 2.30. The number of fused-ring (bicyclic) bond motifs is 1. The van der Waals surface area contributed by atoms with E-state index in [1.54, 1.807) is 6.20 Å². The Bertz CT molecular complexity index is 1130. The lowest BCUT2D eigenvalue weighted by molar-refractivity contribution is 0.0938. The van der Waals surface area contributed by atoms with Crippen LogP contribution in [0, 0.1) is 5.92 Å². The number of anilines is 1. The van der Waals surface area contributed by atoms with Crippen molar-refractivity contribution in [1.29, 1.82) is 0 Å². The summed E-state index contributed by atoms with van der Waals surface area (Å²) < 4.78 is 6.15. The average molecular weight is 519 g/mol. The van der Waals surface area contributed by atoms with Crippen LogP contribution in [0.2, 0.25) is 0 Å². The quantitative estimate of drug-likeness (QED) is 0.367. The first-order valence-electron chi connectivity index (χ1n) is 13.9. The van der Waals surface area contributed by atoms with Gasteiger partial charge in [0.05, 0.1) is 0 Å². The summed E-state index contributed by atoms with van der Waals surface area (Å²) in [4.78, 5) is 22.5. The van der Waals surface area contributed by atoms with Crippen molar-refractivity contribution in [3.63, 3.8) is 0 Å². The second-order valence-electron chi connectivity index (χ2n) is 10.6. The summed E-state index contributed by atoms with van der Waals surface area (Å²) in [6, 6.07) is 12.2. The van der Waals surface area contributed by atoms with Crippen LogP contribution in [-0.2, 0) is 0 Å². The van der Waals surface area contributed by atoms with Crippen molar-refractivity contribution in [2.24, 2.45) is 5.92 Å². The molecule has 0 spiro atoms. The van der Waals surface area contributed by atoms with Crippen molar-refractivity contribution in [1.82, 2.24) is 15.2 Å². The van der Waals surface area contributed by atoms with E-state index < -0.39 is 0 Å². The molecule has 2 aliphatic heterocycles. The molecular formula is C30H38N4O2S. The van der Waals surface area contributed by atoms with Gasteiger partial charge in [-0.15, -0.1) is 0 Å². The molecule has 1 atom stereocenters. The highest BCUT2D eigenvalue weighted by Crippen LogP contribution is 2.36. The van der Waals surface area contributed by atoms with Gasteiger partial charge in [-0.2, -0.15) is 0 Å². The zero-order chi connectivity index (χ0) is 25.6. The molecule has 37 heavy (non-hydrogen) atoms. The molecule has 2 fully saturated rings. The number of pyridine rings is 1. The third-order valence-electron chi connectivity index (χ3n) is 7.97. The van der Waals surface area contributed by atoms with E-state index in [2.05, 4.69) is 27.0 Å². The topological polar surface area (TPSA) is 57.7 Å². The standard InChI is InChI=1S/C30H38N4O2S/c1-22-8-5-6-18-33(22)19-17-31-28(35)25-14-12-23(13-15-25)20-27-30(37)34(21-24-9-3-2-4-10-24)26-11-7-16-32-29(26)36-27/h7,11-16,20,22,24H,2-6,8-10,17-19,21H2,1H3,(H,31,35)/b27-20-. The minimum Gasteiger partial charge on any atom is -0.434 e. The molecule has 3 aliphatic rings. The molecule has 1 aromatic heterocycles. The fourth-order valence-corrected chi connectivity index (χ4v) is 6.02. The lowest BCUT2D eigenvalue weighted by atomic mass is 9.88. The Balaban J connectivity index is 1.24. The minimum atomic E-state index is -0.0370. The van der Waals surface area contributed by atoms with Crippen LogP contribution < -0.4 is 15.0 Å². The van der Waals surface area contributed by atoms with Crippen LogP contribution in [0.3, 0.4) is 0 Å². The molecule has 3 heterocycles. The monoisotopic (exact) mass is 518 g/mol. The van der Waals surface area contributed by atoms with Crippen LogP contribution in [-0.4, -0.2) is 53.0 Å². The van der Waals surface area contributed by atoms with Crippen molar-refractivity contribution in [2.45, 2.75) is 64.3 Å². The molecule has 1 aliphatic carbocycles. The van der Waals surface area contributed by atoms with Crippen LogP contribution >= 0.6 is 12.2 Å². The summed E-state index contributed by atoms with van der Waals surface area (Å²) in [6.07, 6.45) is 13.9. The third-order valence-corrected chi connectivity index (χ3v) is 8.39. The highest BCUT2D eigenvalue weighted by molar-refractivity contribution is 7.81. The zero-order valence-electron chi connectivity index (χ0n) is 21.8. The number of benzene rings is 1. The molecular weight excluding hydrogens is 480 g/mol. The van der Waals surface area contributed by atoms with Crippen molar-refractivity contribution >= 4 is 34.9 Å². The average Bonchev–Trinajstić information content (AvgIpc) is 2.93. The van der Waals surface area contributed by atoms with E-state index in [-0.39, 0.29) is 5.91 Å².